The van der Waals surface area contributed by atoms with E-state index in [0.29, 0.717) is 32.4 Å². The Balaban J connectivity index is 1.43. The zero-order chi connectivity index (χ0) is 22.4. The standard InChI is InChI=1S/C22H23ClF3N3O2/c23-19-7-6-17(13-18(19)22(24,25)26)28-21(31)14-29-10-8-16(9-11-29)27-20(30)12-15-4-2-1-3-5-15/h1-7,13,16H,8-12,14H2,(H,27,30)(H,28,31). The molecular weight excluding hydrogens is 431 g/mol. The van der Waals surface area contributed by atoms with Crippen LogP contribution in [-0.4, -0.2) is 42.4 Å². The van der Waals surface area contributed by atoms with Gasteiger partial charge in [-0.25, -0.2) is 0 Å². The van der Waals surface area contributed by atoms with E-state index in [9.17, 15) is 22.8 Å². The van der Waals surface area contributed by atoms with Crippen LogP contribution in [0.1, 0.15) is 24.0 Å². The Labute approximate surface area is 183 Å². The minimum atomic E-state index is -4.59. The van der Waals surface area contributed by atoms with Crippen molar-refractivity contribution < 1.29 is 22.8 Å². The third-order valence-corrected chi connectivity index (χ3v) is 5.41. The molecule has 31 heavy (non-hydrogen) atoms. The highest BCUT2D eigenvalue weighted by Gasteiger charge is 2.33. The summed E-state index contributed by atoms with van der Waals surface area (Å²) in [6.07, 6.45) is -2.87. The molecule has 5 nitrogen and oxygen atoms in total. The molecule has 1 aliphatic heterocycles. The summed E-state index contributed by atoms with van der Waals surface area (Å²) in [5.74, 6) is -0.437. The number of anilines is 1. The van der Waals surface area contributed by atoms with Crippen molar-refractivity contribution in [1.82, 2.24) is 10.2 Å². The van der Waals surface area contributed by atoms with E-state index < -0.39 is 22.7 Å². The summed E-state index contributed by atoms with van der Waals surface area (Å²) in [4.78, 5) is 26.4. The number of halogens is 4. The quantitative estimate of drug-likeness (QED) is 0.691. The van der Waals surface area contributed by atoms with Gasteiger partial charge in [0.15, 0.2) is 0 Å². The van der Waals surface area contributed by atoms with E-state index in [0.717, 1.165) is 17.7 Å². The highest BCUT2D eigenvalue weighted by Crippen LogP contribution is 2.36. The average Bonchev–Trinajstić information content (AvgIpc) is 2.71. The predicted octanol–water partition coefficient (Wildman–Crippen LogP) is 4.12. The van der Waals surface area contributed by atoms with Gasteiger partial charge in [0.05, 0.1) is 23.6 Å². The lowest BCUT2D eigenvalue weighted by molar-refractivity contribution is -0.137. The van der Waals surface area contributed by atoms with Crippen molar-refractivity contribution in [2.24, 2.45) is 0 Å². The molecule has 0 saturated carbocycles. The normalized spacial score (nSPS) is 15.5. The summed E-state index contributed by atoms with van der Waals surface area (Å²) in [6, 6.07) is 12.8. The average molecular weight is 454 g/mol. The first kappa shape index (κ1) is 23.1. The predicted molar refractivity (Wildman–Crippen MR) is 113 cm³/mol. The molecule has 0 aliphatic carbocycles. The number of amides is 2. The summed E-state index contributed by atoms with van der Waals surface area (Å²) in [5, 5.41) is 5.10. The number of nitrogens with one attached hydrogen (secondary N) is 2. The Morgan fingerprint density at radius 3 is 2.35 bits per heavy atom. The lowest BCUT2D eigenvalue weighted by atomic mass is 10.0. The van der Waals surface area contributed by atoms with E-state index in [1.54, 1.807) is 0 Å². The molecule has 1 aliphatic rings. The molecule has 166 valence electrons. The van der Waals surface area contributed by atoms with E-state index in [1.807, 2.05) is 35.2 Å². The van der Waals surface area contributed by atoms with E-state index in [-0.39, 0.29) is 24.2 Å². The lowest BCUT2D eigenvalue weighted by Gasteiger charge is -2.31. The summed E-state index contributed by atoms with van der Waals surface area (Å²) in [6.45, 7) is 1.28. The molecule has 0 radical (unpaired) electrons. The number of hydrogen-bond donors (Lipinski definition) is 2. The second-order valence-electron chi connectivity index (χ2n) is 7.52. The monoisotopic (exact) mass is 453 g/mol. The molecule has 1 saturated heterocycles. The number of nitrogens with zero attached hydrogens (tertiary/aromatic N) is 1. The van der Waals surface area contributed by atoms with Crippen LogP contribution in [0.3, 0.4) is 0 Å². The van der Waals surface area contributed by atoms with Crippen molar-refractivity contribution in [3.63, 3.8) is 0 Å². The zero-order valence-corrected chi connectivity index (χ0v) is 17.5. The number of rotatable bonds is 6. The van der Waals surface area contributed by atoms with Crippen LogP contribution < -0.4 is 10.6 Å². The molecular formula is C22H23ClF3N3O2. The Morgan fingerprint density at radius 1 is 1.03 bits per heavy atom. The van der Waals surface area contributed by atoms with Crippen LogP contribution in [0.2, 0.25) is 5.02 Å². The Hall–Kier alpha value is -2.58. The fraction of sp³-hybridized carbons (Fsp3) is 0.364. The molecule has 1 heterocycles. The van der Waals surface area contributed by atoms with Gasteiger partial charge in [-0.15, -0.1) is 0 Å². The number of benzene rings is 2. The number of carbonyl (C=O) groups is 2. The lowest BCUT2D eigenvalue weighted by Crippen LogP contribution is -2.46. The van der Waals surface area contributed by atoms with Crippen molar-refractivity contribution in [1.29, 1.82) is 0 Å². The fourth-order valence-corrected chi connectivity index (χ4v) is 3.74. The molecule has 2 aromatic rings. The van der Waals surface area contributed by atoms with Crippen LogP contribution in [0.5, 0.6) is 0 Å². The third-order valence-electron chi connectivity index (χ3n) is 5.08. The Morgan fingerprint density at radius 2 is 1.71 bits per heavy atom. The molecule has 0 spiro atoms. The van der Waals surface area contributed by atoms with Crippen molar-refractivity contribution in [3.05, 3.63) is 64.7 Å². The maximum Gasteiger partial charge on any atom is 0.417 e. The van der Waals surface area contributed by atoms with Gasteiger partial charge in [0, 0.05) is 24.8 Å². The van der Waals surface area contributed by atoms with Crippen LogP contribution in [0.25, 0.3) is 0 Å². The highest BCUT2D eigenvalue weighted by atomic mass is 35.5. The van der Waals surface area contributed by atoms with Crippen LogP contribution in [0.4, 0.5) is 18.9 Å². The molecule has 2 N–H and O–H groups in total. The maximum atomic E-state index is 13.0. The zero-order valence-electron chi connectivity index (χ0n) is 16.7. The Bertz CT molecular complexity index is 914. The van der Waals surface area contributed by atoms with Gasteiger partial charge in [-0.05, 0) is 36.6 Å². The van der Waals surface area contributed by atoms with E-state index in [4.69, 9.17) is 11.6 Å². The van der Waals surface area contributed by atoms with Gasteiger partial charge in [-0.3, -0.25) is 14.5 Å². The molecule has 0 atom stereocenters. The number of likely N-dealkylation sites (tertiary alicyclic amines) is 1. The molecule has 0 bridgehead atoms. The minimum Gasteiger partial charge on any atom is -0.353 e. The Kier molecular flexibility index (Phi) is 7.56. The fourth-order valence-electron chi connectivity index (χ4n) is 3.52. The van der Waals surface area contributed by atoms with Crippen molar-refractivity contribution >= 4 is 29.1 Å². The van der Waals surface area contributed by atoms with E-state index >= 15 is 0 Å². The second kappa shape index (κ2) is 10.2. The van der Waals surface area contributed by atoms with Crippen LogP contribution in [0, 0.1) is 0 Å². The summed E-state index contributed by atoms with van der Waals surface area (Å²) >= 11 is 5.60. The number of hydrogen-bond acceptors (Lipinski definition) is 3. The summed E-state index contributed by atoms with van der Waals surface area (Å²) < 4.78 is 38.9. The topological polar surface area (TPSA) is 61.4 Å². The maximum absolute atomic E-state index is 13.0. The van der Waals surface area contributed by atoms with E-state index in [2.05, 4.69) is 10.6 Å². The number of carbonyl (C=O) groups excluding carboxylic acids is 2. The van der Waals surface area contributed by atoms with Gasteiger partial charge in [0.25, 0.3) is 0 Å². The van der Waals surface area contributed by atoms with Crippen LogP contribution in [-0.2, 0) is 22.2 Å². The SMILES string of the molecule is O=C(CN1CCC(NC(=O)Cc2ccccc2)CC1)Nc1ccc(Cl)c(C(F)(F)F)c1. The molecule has 2 aromatic carbocycles. The minimum absolute atomic E-state index is 0.0365. The van der Waals surface area contributed by atoms with Gasteiger partial charge in [0.2, 0.25) is 11.8 Å². The first-order chi connectivity index (χ1) is 14.7. The second-order valence-corrected chi connectivity index (χ2v) is 7.93. The highest BCUT2D eigenvalue weighted by molar-refractivity contribution is 6.31. The van der Waals surface area contributed by atoms with Gasteiger partial charge in [-0.2, -0.15) is 13.2 Å². The van der Waals surface area contributed by atoms with Crippen LogP contribution in [0.15, 0.2) is 48.5 Å². The van der Waals surface area contributed by atoms with Crippen molar-refractivity contribution in [3.8, 4) is 0 Å². The molecule has 2 amide bonds. The molecule has 1 fully saturated rings. The third kappa shape index (κ3) is 6.97. The first-order valence-electron chi connectivity index (χ1n) is 9.93. The molecule has 0 unspecified atom stereocenters. The van der Waals surface area contributed by atoms with Gasteiger partial charge in [0.1, 0.15) is 0 Å². The molecule has 9 heteroatoms. The number of piperidine rings is 1. The van der Waals surface area contributed by atoms with E-state index in [1.165, 1.54) is 6.07 Å². The summed E-state index contributed by atoms with van der Waals surface area (Å²) in [7, 11) is 0. The molecule has 3 rings (SSSR count). The molecule has 0 aromatic heterocycles. The number of alkyl halides is 3. The van der Waals surface area contributed by atoms with Gasteiger partial charge < -0.3 is 10.6 Å². The summed E-state index contributed by atoms with van der Waals surface area (Å²) in [5.41, 5.74) is 0.00815. The smallest absolute Gasteiger partial charge is 0.353 e. The van der Waals surface area contributed by atoms with Crippen molar-refractivity contribution in [2.45, 2.75) is 31.5 Å². The van der Waals surface area contributed by atoms with Crippen molar-refractivity contribution in [2.75, 3.05) is 25.0 Å². The largest absolute Gasteiger partial charge is 0.417 e. The van der Waals surface area contributed by atoms with Gasteiger partial charge >= 0.3 is 6.18 Å². The van der Waals surface area contributed by atoms with Crippen LogP contribution >= 0.6 is 11.6 Å². The van der Waals surface area contributed by atoms with Gasteiger partial charge in [-0.1, -0.05) is 41.9 Å². The first-order valence-corrected chi connectivity index (χ1v) is 10.3.